The quantitative estimate of drug-likeness (QED) is 0.883. The van der Waals surface area contributed by atoms with Crippen molar-refractivity contribution in [3.63, 3.8) is 0 Å². The number of hydrogen-bond acceptors (Lipinski definition) is 3. The molecule has 3 heteroatoms. The Labute approximate surface area is 108 Å². The van der Waals surface area contributed by atoms with Crippen LogP contribution >= 0.6 is 0 Å². The SMILES string of the molecule is CN(CC1CCCO1)C1Cc2ccccc2C1O. The first kappa shape index (κ1) is 12.2. The molecule has 1 heterocycles. The molecule has 2 aliphatic rings. The van der Waals surface area contributed by atoms with E-state index >= 15 is 0 Å². The lowest BCUT2D eigenvalue weighted by Crippen LogP contribution is -2.39. The van der Waals surface area contributed by atoms with Gasteiger partial charge in [-0.2, -0.15) is 0 Å². The first-order chi connectivity index (χ1) is 8.75. The zero-order chi connectivity index (χ0) is 12.5. The smallest absolute Gasteiger partial charge is 0.0950 e. The maximum absolute atomic E-state index is 10.4. The molecule has 0 spiro atoms. The van der Waals surface area contributed by atoms with Crippen LogP contribution in [0.4, 0.5) is 0 Å². The summed E-state index contributed by atoms with van der Waals surface area (Å²) in [7, 11) is 2.10. The molecule has 0 radical (unpaired) electrons. The van der Waals surface area contributed by atoms with Gasteiger partial charge in [0.25, 0.3) is 0 Å². The monoisotopic (exact) mass is 247 g/mol. The molecule has 1 saturated heterocycles. The summed E-state index contributed by atoms with van der Waals surface area (Å²) in [6, 6.07) is 8.42. The molecule has 0 bridgehead atoms. The molecule has 1 N–H and O–H groups in total. The largest absolute Gasteiger partial charge is 0.387 e. The molecule has 3 unspecified atom stereocenters. The van der Waals surface area contributed by atoms with Crippen LogP contribution in [0.3, 0.4) is 0 Å². The molecule has 1 aliphatic heterocycles. The van der Waals surface area contributed by atoms with Gasteiger partial charge < -0.3 is 9.84 Å². The van der Waals surface area contributed by atoms with Gasteiger partial charge in [-0.15, -0.1) is 0 Å². The lowest BCUT2D eigenvalue weighted by atomic mass is 10.1. The molecule has 1 fully saturated rings. The minimum Gasteiger partial charge on any atom is -0.387 e. The van der Waals surface area contributed by atoms with Crippen molar-refractivity contribution < 1.29 is 9.84 Å². The zero-order valence-corrected chi connectivity index (χ0v) is 10.9. The Bertz CT molecular complexity index is 415. The lowest BCUT2D eigenvalue weighted by molar-refractivity contribution is 0.0307. The van der Waals surface area contributed by atoms with Crippen LogP contribution in [0.15, 0.2) is 24.3 Å². The van der Waals surface area contributed by atoms with Crippen LogP contribution in [0.2, 0.25) is 0 Å². The van der Waals surface area contributed by atoms with E-state index in [1.165, 1.54) is 12.0 Å². The van der Waals surface area contributed by atoms with Crippen LogP contribution in [-0.4, -0.2) is 42.4 Å². The summed E-state index contributed by atoms with van der Waals surface area (Å²) >= 11 is 0. The normalized spacial score (nSPS) is 30.9. The zero-order valence-electron chi connectivity index (χ0n) is 10.9. The molecule has 0 aromatic heterocycles. The highest BCUT2D eigenvalue weighted by Crippen LogP contribution is 2.34. The van der Waals surface area contributed by atoms with Crippen molar-refractivity contribution in [1.29, 1.82) is 0 Å². The third-order valence-corrected chi connectivity index (χ3v) is 4.25. The van der Waals surface area contributed by atoms with Crippen molar-refractivity contribution in [1.82, 2.24) is 4.90 Å². The first-order valence-electron chi connectivity index (χ1n) is 6.83. The Morgan fingerprint density at radius 2 is 2.22 bits per heavy atom. The van der Waals surface area contributed by atoms with E-state index in [1.54, 1.807) is 0 Å². The number of fused-ring (bicyclic) bond motifs is 1. The predicted molar refractivity (Wildman–Crippen MR) is 70.5 cm³/mol. The van der Waals surface area contributed by atoms with Crippen molar-refractivity contribution in [3.05, 3.63) is 35.4 Å². The molecule has 18 heavy (non-hydrogen) atoms. The van der Waals surface area contributed by atoms with E-state index in [0.29, 0.717) is 6.10 Å². The fourth-order valence-electron chi connectivity index (χ4n) is 3.19. The summed E-state index contributed by atoms with van der Waals surface area (Å²) in [6.07, 6.45) is 3.27. The Kier molecular flexibility index (Phi) is 3.37. The van der Waals surface area contributed by atoms with Crippen molar-refractivity contribution in [3.8, 4) is 0 Å². The highest BCUT2D eigenvalue weighted by Gasteiger charge is 2.34. The van der Waals surface area contributed by atoms with E-state index in [4.69, 9.17) is 4.74 Å². The second kappa shape index (κ2) is 5.00. The van der Waals surface area contributed by atoms with Gasteiger partial charge in [0.2, 0.25) is 0 Å². The average Bonchev–Trinajstić information content (AvgIpc) is 2.98. The van der Waals surface area contributed by atoms with Crippen LogP contribution in [0.25, 0.3) is 0 Å². The molecule has 98 valence electrons. The average molecular weight is 247 g/mol. The number of ether oxygens (including phenoxy) is 1. The number of rotatable bonds is 3. The second-order valence-corrected chi connectivity index (χ2v) is 5.49. The first-order valence-corrected chi connectivity index (χ1v) is 6.83. The molecule has 3 atom stereocenters. The molecule has 3 nitrogen and oxygen atoms in total. The molecule has 3 rings (SSSR count). The summed E-state index contributed by atoms with van der Waals surface area (Å²) in [6.45, 7) is 1.82. The van der Waals surface area contributed by atoms with Crippen LogP contribution in [0.5, 0.6) is 0 Å². The molecular formula is C15H21NO2. The molecule has 1 aromatic carbocycles. The topological polar surface area (TPSA) is 32.7 Å². The molecule has 0 saturated carbocycles. The van der Waals surface area contributed by atoms with E-state index in [0.717, 1.165) is 31.6 Å². The summed E-state index contributed by atoms with van der Waals surface area (Å²) in [4.78, 5) is 2.26. The van der Waals surface area contributed by atoms with Gasteiger partial charge in [0.1, 0.15) is 0 Å². The lowest BCUT2D eigenvalue weighted by Gasteiger charge is -2.29. The number of hydrogen-bond donors (Lipinski definition) is 1. The van der Waals surface area contributed by atoms with Crippen molar-refractivity contribution in [2.75, 3.05) is 20.2 Å². The van der Waals surface area contributed by atoms with Crippen molar-refractivity contribution >= 4 is 0 Å². The number of aliphatic hydroxyl groups is 1. The fraction of sp³-hybridized carbons (Fsp3) is 0.600. The third-order valence-electron chi connectivity index (χ3n) is 4.25. The highest BCUT2D eigenvalue weighted by molar-refractivity contribution is 5.35. The predicted octanol–water partition coefficient (Wildman–Crippen LogP) is 1.76. The van der Waals surface area contributed by atoms with Crippen molar-refractivity contribution in [2.24, 2.45) is 0 Å². The van der Waals surface area contributed by atoms with E-state index in [1.807, 2.05) is 18.2 Å². The minimum atomic E-state index is -0.354. The second-order valence-electron chi connectivity index (χ2n) is 5.49. The van der Waals surface area contributed by atoms with Crippen molar-refractivity contribution in [2.45, 2.75) is 37.5 Å². The van der Waals surface area contributed by atoms with Gasteiger partial charge >= 0.3 is 0 Å². The van der Waals surface area contributed by atoms with E-state index in [9.17, 15) is 5.11 Å². The van der Waals surface area contributed by atoms with Crippen LogP contribution in [0.1, 0.15) is 30.1 Å². The Hall–Kier alpha value is -0.900. The molecule has 1 aliphatic carbocycles. The van der Waals surface area contributed by atoms with Gasteiger partial charge in [-0.25, -0.2) is 0 Å². The Balaban J connectivity index is 1.67. The Morgan fingerprint density at radius 3 is 2.94 bits per heavy atom. The standard InChI is InChI=1S/C15H21NO2/c1-16(10-12-6-4-8-18-12)14-9-11-5-2-3-7-13(11)15(14)17/h2-3,5,7,12,14-15,17H,4,6,8-10H2,1H3. The molecule has 0 amide bonds. The van der Waals surface area contributed by atoms with E-state index < -0.39 is 0 Å². The summed E-state index contributed by atoms with van der Waals surface area (Å²) in [5, 5.41) is 10.4. The number of benzene rings is 1. The fourth-order valence-corrected chi connectivity index (χ4v) is 3.19. The maximum atomic E-state index is 10.4. The maximum Gasteiger partial charge on any atom is 0.0950 e. The Morgan fingerprint density at radius 1 is 1.39 bits per heavy atom. The van der Waals surface area contributed by atoms with Gasteiger partial charge in [0, 0.05) is 19.2 Å². The number of nitrogens with zero attached hydrogens (tertiary/aromatic N) is 1. The van der Waals surface area contributed by atoms with Crippen LogP contribution < -0.4 is 0 Å². The van der Waals surface area contributed by atoms with Gasteiger partial charge in [-0.05, 0) is 37.4 Å². The summed E-state index contributed by atoms with van der Waals surface area (Å²) in [5.41, 5.74) is 2.39. The number of likely N-dealkylation sites (N-methyl/N-ethyl adjacent to an activating group) is 1. The highest BCUT2D eigenvalue weighted by atomic mass is 16.5. The van der Waals surface area contributed by atoms with E-state index in [2.05, 4.69) is 18.0 Å². The minimum absolute atomic E-state index is 0.201. The van der Waals surface area contributed by atoms with Gasteiger partial charge in [0.05, 0.1) is 12.2 Å². The van der Waals surface area contributed by atoms with Gasteiger partial charge in [0.15, 0.2) is 0 Å². The van der Waals surface area contributed by atoms with Crippen LogP contribution in [-0.2, 0) is 11.2 Å². The molecule has 1 aromatic rings. The van der Waals surface area contributed by atoms with Gasteiger partial charge in [-0.1, -0.05) is 24.3 Å². The number of aliphatic hydroxyl groups excluding tert-OH is 1. The van der Waals surface area contributed by atoms with Crippen LogP contribution in [0, 0.1) is 0 Å². The van der Waals surface area contributed by atoms with E-state index in [-0.39, 0.29) is 12.1 Å². The third kappa shape index (κ3) is 2.18. The van der Waals surface area contributed by atoms with Gasteiger partial charge in [-0.3, -0.25) is 4.90 Å². The summed E-state index contributed by atoms with van der Waals surface area (Å²) < 4.78 is 5.67. The summed E-state index contributed by atoms with van der Waals surface area (Å²) in [5.74, 6) is 0. The molecular weight excluding hydrogens is 226 g/mol.